The third-order valence-electron chi connectivity index (χ3n) is 4.45. The molecule has 0 saturated carbocycles. The van der Waals surface area contributed by atoms with E-state index < -0.39 is 0 Å². The van der Waals surface area contributed by atoms with Crippen molar-refractivity contribution in [1.29, 1.82) is 0 Å². The van der Waals surface area contributed by atoms with Crippen LogP contribution in [0.15, 0.2) is 48.5 Å². The van der Waals surface area contributed by atoms with Crippen molar-refractivity contribution in [1.82, 2.24) is 5.32 Å². The lowest BCUT2D eigenvalue weighted by Gasteiger charge is -2.19. The fourth-order valence-electron chi connectivity index (χ4n) is 3.07. The van der Waals surface area contributed by atoms with Crippen molar-refractivity contribution in [2.45, 2.75) is 26.2 Å². The Balaban J connectivity index is 1.39. The first-order valence-electron chi connectivity index (χ1n) is 8.37. The van der Waals surface area contributed by atoms with Crippen LogP contribution in [0.25, 0.3) is 0 Å². The Morgan fingerprint density at radius 3 is 2.74 bits per heavy atom. The number of nitrogens with one attached hydrogen (secondary N) is 1. The molecule has 2 aromatic carbocycles. The van der Waals surface area contributed by atoms with Gasteiger partial charge in [-0.3, -0.25) is 4.79 Å². The number of aryl methyl sites for hydroxylation is 2. The molecule has 0 saturated heterocycles. The molecule has 1 heterocycles. The SMILES string of the molecule is Cc1ccc(CCC(=O)NCCN2CCc3ccccc32)cc1. The number of hydrogen-bond donors (Lipinski definition) is 1. The molecule has 0 aliphatic carbocycles. The van der Waals surface area contributed by atoms with Crippen molar-refractivity contribution < 1.29 is 4.79 Å². The molecule has 120 valence electrons. The zero-order valence-electron chi connectivity index (χ0n) is 13.7. The minimum Gasteiger partial charge on any atom is -0.369 e. The lowest BCUT2D eigenvalue weighted by Crippen LogP contribution is -2.34. The molecule has 0 bridgehead atoms. The van der Waals surface area contributed by atoms with Crippen LogP contribution in [-0.2, 0) is 17.6 Å². The smallest absolute Gasteiger partial charge is 0.220 e. The van der Waals surface area contributed by atoms with Gasteiger partial charge in [-0.2, -0.15) is 0 Å². The van der Waals surface area contributed by atoms with E-state index in [9.17, 15) is 4.79 Å². The lowest BCUT2D eigenvalue weighted by atomic mass is 10.1. The number of fused-ring (bicyclic) bond motifs is 1. The summed E-state index contributed by atoms with van der Waals surface area (Å²) >= 11 is 0. The average Bonchev–Trinajstić information content (AvgIpc) is 2.98. The van der Waals surface area contributed by atoms with Gasteiger partial charge in [-0.15, -0.1) is 0 Å². The van der Waals surface area contributed by atoms with Crippen LogP contribution in [0.1, 0.15) is 23.1 Å². The number of carbonyl (C=O) groups excluding carboxylic acids is 1. The summed E-state index contributed by atoms with van der Waals surface area (Å²) in [5, 5.41) is 3.04. The van der Waals surface area contributed by atoms with E-state index in [2.05, 4.69) is 65.7 Å². The van der Waals surface area contributed by atoms with Crippen LogP contribution in [0.3, 0.4) is 0 Å². The van der Waals surface area contributed by atoms with Gasteiger partial charge in [0.15, 0.2) is 0 Å². The van der Waals surface area contributed by atoms with Crippen molar-refractivity contribution in [3.8, 4) is 0 Å². The first-order valence-corrected chi connectivity index (χ1v) is 8.37. The van der Waals surface area contributed by atoms with E-state index in [1.807, 2.05) is 0 Å². The Bertz CT molecular complexity index is 664. The van der Waals surface area contributed by atoms with Crippen LogP contribution in [0.2, 0.25) is 0 Å². The Labute approximate surface area is 138 Å². The van der Waals surface area contributed by atoms with E-state index >= 15 is 0 Å². The van der Waals surface area contributed by atoms with Crippen LogP contribution in [0, 0.1) is 6.92 Å². The second kappa shape index (κ2) is 7.32. The van der Waals surface area contributed by atoms with Crippen LogP contribution in [0.4, 0.5) is 5.69 Å². The molecule has 1 aliphatic rings. The Morgan fingerprint density at radius 1 is 1.13 bits per heavy atom. The van der Waals surface area contributed by atoms with Gasteiger partial charge >= 0.3 is 0 Å². The third-order valence-corrected chi connectivity index (χ3v) is 4.45. The maximum Gasteiger partial charge on any atom is 0.220 e. The monoisotopic (exact) mass is 308 g/mol. The Morgan fingerprint density at radius 2 is 1.91 bits per heavy atom. The van der Waals surface area contributed by atoms with E-state index in [-0.39, 0.29) is 5.91 Å². The number of hydrogen-bond acceptors (Lipinski definition) is 2. The summed E-state index contributed by atoms with van der Waals surface area (Å²) in [4.78, 5) is 14.3. The highest BCUT2D eigenvalue weighted by atomic mass is 16.1. The number of nitrogens with zero attached hydrogens (tertiary/aromatic N) is 1. The number of rotatable bonds is 6. The normalized spacial score (nSPS) is 13.0. The van der Waals surface area contributed by atoms with Crippen molar-refractivity contribution in [2.75, 3.05) is 24.5 Å². The summed E-state index contributed by atoms with van der Waals surface area (Å²) in [6.07, 6.45) is 2.47. The molecule has 0 spiro atoms. The highest BCUT2D eigenvalue weighted by Crippen LogP contribution is 2.26. The number of benzene rings is 2. The molecule has 0 radical (unpaired) electrons. The van der Waals surface area contributed by atoms with Crippen LogP contribution in [0.5, 0.6) is 0 Å². The largest absolute Gasteiger partial charge is 0.369 e. The van der Waals surface area contributed by atoms with Gasteiger partial charge < -0.3 is 10.2 Å². The van der Waals surface area contributed by atoms with Crippen LogP contribution < -0.4 is 10.2 Å². The van der Waals surface area contributed by atoms with Gasteiger partial charge in [-0.1, -0.05) is 48.0 Å². The van der Waals surface area contributed by atoms with Gasteiger partial charge in [-0.25, -0.2) is 0 Å². The number of anilines is 1. The molecular formula is C20H24N2O. The maximum absolute atomic E-state index is 12.0. The standard InChI is InChI=1S/C20H24N2O/c1-16-6-8-17(9-7-16)10-11-20(23)21-13-15-22-14-12-18-4-2-3-5-19(18)22/h2-9H,10-15H2,1H3,(H,21,23). The van der Waals surface area contributed by atoms with Crippen molar-refractivity contribution >= 4 is 11.6 Å². The number of amides is 1. The molecule has 2 aromatic rings. The second-order valence-corrected chi connectivity index (χ2v) is 6.20. The van der Waals surface area contributed by atoms with Gasteiger partial charge in [0.25, 0.3) is 0 Å². The Hall–Kier alpha value is -2.29. The predicted molar refractivity (Wildman–Crippen MR) is 94.9 cm³/mol. The highest BCUT2D eigenvalue weighted by molar-refractivity contribution is 5.76. The summed E-state index contributed by atoms with van der Waals surface area (Å²) in [5.41, 5.74) is 5.21. The minimum atomic E-state index is 0.137. The summed E-state index contributed by atoms with van der Waals surface area (Å²) in [5.74, 6) is 0.137. The van der Waals surface area contributed by atoms with Crippen molar-refractivity contribution in [2.24, 2.45) is 0 Å². The van der Waals surface area contributed by atoms with E-state index in [0.29, 0.717) is 13.0 Å². The first kappa shape index (κ1) is 15.6. The number of para-hydroxylation sites is 1. The van der Waals surface area contributed by atoms with E-state index in [4.69, 9.17) is 0 Å². The molecule has 0 aromatic heterocycles. The predicted octanol–water partition coefficient (Wildman–Crippen LogP) is 3.11. The van der Waals surface area contributed by atoms with E-state index in [0.717, 1.165) is 25.9 Å². The molecule has 3 nitrogen and oxygen atoms in total. The summed E-state index contributed by atoms with van der Waals surface area (Å²) in [6.45, 7) is 4.72. The summed E-state index contributed by atoms with van der Waals surface area (Å²) in [6, 6.07) is 16.9. The molecule has 1 N–H and O–H groups in total. The van der Waals surface area contributed by atoms with E-state index in [1.54, 1.807) is 0 Å². The molecule has 0 unspecified atom stereocenters. The van der Waals surface area contributed by atoms with Gasteiger partial charge in [-0.05, 0) is 37.0 Å². The quantitative estimate of drug-likeness (QED) is 0.889. The van der Waals surface area contributed by atoms with Gasteiger partial charge in [0.1, 0.15) is 0 Å². The molecule has 0 atom stereocenters. The van der Waals surface area contributed by atoms with Gasteiger partial charge in [0.05, 0.1) is 0 Å². The first-order chi connectivity index (χ1) is 11.2. The maximum atomic E-state index is 12.0. The van der Waals surface area contributed by atoms with Crippen molar-refractivity contribution in [3.05, 3.63) is 65.2 Å². The molecule has 1 aliphatic heterocycles. The topological polar surface area (TPSA) is 32.3 Å². The molecule has 0 fully saturated rings. The third kappa shape index (κ3) is 4.13. The highest BCUT2D eigenvalue weighted by Gasteiger charge is 2.17. The van der Waals surface area contributed by atoms with Gasteiger partial charge in [0, 0.05) is 31.7 Å². The molecule has 3 heteroatoms. The number of carbonyl (C=O) groups is 1. The zero-order valence-corrected chi connectivity index (χ0v) is 13.7. The average molecular weight is 308 g/mol. The Kier molecular flexibility index (Phi) is 4.96. The van der Waals surface area contributed by atoms with E-state index in [1.165, 1.54) is 22.4 Å². The zero-order chi connectivity index (χ0) is 16.1. The summed E-state index contributed by atoms with van der Waals surface area (Å²) < 4.78 is 0. The van der Waals surface area contributed by atoms with Gasteiger partial charge in [0.2, 0.25) is 5.91 Å². The van der Waals surface area contributed by atoms with Crippen LogP contribution in [-0.4, -0.2) is 25.5 Å². The molecule has 23 heavy (non-hydrogen) atoms. The van der Waals surface area contributed by atoms with Crippen molar-refractivity contribution in [3.63, 3.8) is 0 Å². The fourth-order valence-corrected chi connectivity index (χ4v) is 3.07. The fraction of sp³-hybridized carbons (Fsp3) is 0.350. The second-order valence-electron chi connectivity index (χ2n) is 6.20. The molecule has 1 amide bonds. The lowest BCUT2D eigenvalue weighted by molar-refractivity contribution is -0.120. The van der Waals surface area contributed by atoms with Crippen LogP contribution >= 0.6 is 0 Å². The summed E-state index contributed by atoms with van der Waals surface area (Å²) in [7, 11) is 0. The molecule has 3 rings (SSSR count). The minimum absolute atomic E-state index is 0.137. The molecular weight excluding hydrogens is 284 g/mol.